The molecule has 0 radical (unpaired) electrons. The summed E-state index contributed by atoms with van der Waals surface area (Å²) in [6, 6.07) is 10.0. The second kappa shape index (κ2) is 8.93. The quantitative estimate of drug-likeness (QED) is 0.565. The van der Waals surface area contributed by atoms with Gasteiger partial charge in [0.1, 0.15) is 27.8 Å². The Morgan fingerprint density at radius 2 is 1.90 bits per heavy atom. The van der Waals surface area contributed by atoms with Crippen molar-refractivity contribution in [3.8, 4) is 0 Å². The molecule has 0 aliphatic heterocycles. The van der Waals surface area contributed by atoms with Gasteiger partial charge in [-0.05, 0) is 36.1 Å². The molecule has 7 nitrogen and oxygen atoms in total. The van der Waals surface area contributed by atoms with Gasteiger partial charge in [0, 0.05) is 6.54 Å². The molecule has 1 heterocycles. The first-order chi connectivity index (χ1) is 13.8. The predicted octanol–water partition coefficient (Wildman–Crippen LogP) is 2.49. The molecule has 0 aliphatic rings. The smallest absolute Gasteiger partial charge is 0.243 e. The predicted molar refractivity (Wildman–Crippen MR) is 109 cm³/mol. The molecule has 154 valence electrons. The van der Waals surface area contributed by atoms with Gasteiger partial charge in [0.15, 0.2) is 0 Å². The number of aromatic nitrogens is 2. The van der Waals surface area contributed by atoms with Crippen LogP contribution >= 0.6 is 11.7 Å². The van der Waals surface area contributed by atoms with Crippen molar-refractivity contribution in [3.63, 3.8) is 0 Å². The lowest BCUT2D eigenvalue weighted by Crippen LogP contribution is -2.50. The van der Waals surface area contributed by atoms with E-state index in [9.17, 15) is 17.6 Å². The minimum atomic E-state index is -4.00. The largest absolute Gasteiger partial charge is 0.354 e. The zero-order valence-electron chi connectivity index (χ0n) is 15.9. The van der Waals surface area contributed by atoms with Gasteiger partial charge < -0.3 is 5.32 Å². The van der Waals surface area contributed by atoms with Crippen LogP contribution in [0.5, 0.6) is 0 Å². The van der Waals surface area contributed by atoms with Gasteiger partial charge in [-0.15, -0.1) is 0 Å². The molecular formula is C19H21FN4O3S2. The van der Waals surface area contributed by atoms with Crippen LogP contribution in [0, 0.1) is 11.7 Å². The molecule has 3 aromatic rings. The van der Waals surface area contributed by atoms with Gasteiger partial charge in [0.2, 0.25) is 15.9 Å². The molecule has 1 unspecified atom stereocenters. The number of benzene rings is 2. The van der Waals surface area contributed by atoms with E-state index in [-0.39, 0.29) is 28.7 Å². The van der Waals surface area contributed by atoms with E-state index in [0.29, 0.717) is 17.5 Å². The lowest BCUT2D eigenvalue weighted by atomic mass is 10.0. The molecule has 3 rings (SSSR count). The fourth-order valence-corrected chi connectivity index (χ4v) is 4.96. The Hall–Kier alpha value is -2.43. The maximum absolute atomic E-state index is 13.7. The van der Waals surface area contributed by atoms with Crippen molar-refractivity contribution in [2.24, 2.45) is 5.92 Å². The molecule has 2 aromatic carbocycles. The highest BCUT2D eigenvalue weighted by atomic mass is 32.2. The SMILES string of the molecule is CC(C)C(NS(=O)(=O)c1cccc2nsnc12)C(=O)NCCc1ccccc1F. The van der Waals surface area contributed by atoms with Gasteiger partial charge in [0.25, 0.3) is 0 Å². The van der Waals surface area contributed by atoms with Crippen LogP contribution in [0.3, 0.4) is 0 Å². The lowest BCUT2D eigenvalue weighted by molar-refractivity contribution is -0.123. The summed E-state index contributed by atoms with van der Waals surface area (Å²) in [5, 5.41) is 2.69. The summed E-state index contributed by atoms with van der Waals surface area (Å²) in [4.78, 5) is 12.6. The number of sulfonamides is 1. The van der Waals surface area contributed by atoms with E-state index in [1.54, 1.807) is 44.2 Å². The summed E-state index contributed by atoms with van der Waals surface area (Å²) < 4.78 is 50.1. The first kappa shape index (κ1) is 21.3. The second-order valence-corrected chi connectivity index (χ2v) is 9.07. The number of nitrogens with one attached hydrogen (secondary N) is 2. The monoisotopic (exact) mass is 436 g/mol. The molecule has 10 heteroatoms. The van der Waals surface area contributed by atoms with Crippen molar-refractivity contribution < 1.29 is 17.6 Å². The van der Waals surface area contributed by atoms with Gasteiger partial charge in [-0.1, -0.05) is 38.1 Å². The first-order valence-corrected chi connectivity index (χ1v) is 11.3. The molecule has 2 N–H and O–H groups in total. The van der Waals surface area contributed by atoms with Crippen LogP contribution in [-0.2, 0) is 21.2 Å². The van der Waals surface area contributed by atoms with Gasteiger partial charge in [0.05, 0.1) is 11.7 Å². The van der Waals surface area contributed by atoms with Gasteiger partial charge in [-0.25, -0.2) is 12.8 Å². The minimum absolute atomic E-state index is 0.0199. The number of rotatable bonds is 8. The molecular weight excluding hydrogens is 415 g/mol. The van der Waals surface area contributed by atoms with Crippen molar-refractivity contribution in [1.82, 2.24) is 18.8 Å². The molecule has 29 heavy (non-hydrogen) atoms. The van der Waals surface area contributed by atoms with Gasteiger partial charge >= 0.3 is 0 Å². The summed E-state index contributed by atoms with van der Waals surface area (Å²) in [5.74, 6) is -1.11. The van der Waals surface area contributed by atoms with Gasteiger partial charge in [-0.2, -0.15) is 13.5 Å². The van der Waals surface area contributed by atoms with E-state index in [1.807, 2.05) is 0 Å². The topological polar surface area (TPSA) is 101 Å². The van der Waals surface area contributed by atoms with Gasteiger partial charge in [-0.3, -0.25) is 4.79 Å². The van der Waals surface area contributed by atoms with Crippen LogP contribution in [0.1, 0.15) is 19.4 Å². The average Bonchev–Trinajstić information content (AvgIpc) is 3.16. The summed E-state index contributed by atoms with van der Waals surface area (Å²) >= 11 is 0.923. The number of fused-ring (bicyclic) bond motifs is 1. The van der Waals surface area contributed by atoms with Crippen LogP contribution in [-0.4, -0.2) is 35.7 Å². The van der Waals surface area contributed by atoms with E-state index in [2.05, 4.69) is 18.8 Å². The van der Waals surface area contributed by atoms with E-state index < -0.39 is 22.0 Å². The number of hydrogen-bond donors (Lipinski definition) is 2. The Bertz CT molecular complexity index is 1120. The highest BCUT2D eigenvalue weighted by Gasteiger charge is 2.29. The fraction of sp³-hybridized carbons (Fsp3) is 0.316. The summed E-state index contributed by atoms with van der Waals surface area (Å²) in [5.41, 5.74) is 1.23. The number of halogens is 1. The maximum atomic E-state index is 13.7. The van der Waals surface area contributed by atoms with Crippen molar-refractivity contribution in [2.75, 3.05) is 6.54 Å². The number of carbonyl (C=O) groups excluding carboxylic acids is 1. The molecule has 0 saturated carbocycles. The fourth-order valence-electron chi connectivity index (χ4n) is 2.85. The van der Waals surface area contributed by atoms with E-state index in [1.165, 1.54) is 12.1 Å². The van der Waals surface area contributed by atoms with Crippen molar-refractivity contribution in [2.45, 2.75) is 31.2 Å². The zero-order chi connectivity index (χ0) is 21.0. The Morgan fingerprint density at radius 3 is 2.62 bits per heavy atom. The minimum Gasteiger partial charge on any atom is -0.354 e. The van der Waals surface area contributed by atoms with Crippen LogP contribution < -0.4 is 10.0 Å². The third-order valence-corrected chi connectivity index (χ3v) is 6.44. The normalized spacial score (nSPS) is 13.0. The standard InChI is InChI=1S/C19H21FN4O3S2/c1-12(2)17(19(25)21-11-10-13-6-3-4-7-14(13)20)24-29(26,27)16-9-5-8-15-18(16)23-28-22-15/h3-9,12,17,24H,10-11H2,1-2H3,(H,21,25). The highest BCUT2D eigenvalue weighted by molar-refractivity contribution is 7.89. The number of hydrogen-bond acceptors (Lipinski definition) is 6. The Morgan fingerprint density at radius 1 is 1.14 bits per heavy atom. The van der Waals surface area contributed by atoms with Crippen LogP contribution in [0.25, 0.3) is 11.0 Å². The zero-order valence-corrected chi connectivity index (χ0v) is 17.6. The van der Waals surface area contributed by atoms with Crippen molar-refractivity contribution in [3.05, 3.63) is 53.8 Å². The van der Waals surface area contributed by atoms with E-state index in [4.69, 9.17) is 0 Å². The van der Waals surface area contributed by atoms with Crippen molar-refractivity contribution >= 4 is 38.7 Å². The molecule has 1 atom stereocenters. The Balaban J connectivity index is 1.71. The first-order valence-electron chi connectivity index (χ1n) is 9.04. The molecule has 0 bridgehead atoms. The number of amides is 1. The molecule has 0 spiro atoms. The van der Waals surface area contributed by atoms with Crippen LogP contribution in [0.4, 0.5) is 4.39 Å². The molecule has 0 saturated heterocycles. The average molecular weight is 437 g/mol. The maximum Gasteiger partial charge on any atom is 0.243 e. The Labute approximate surface area is 172 Å². The van der Waals surface area contributed by atoms with E-state index >= 15 is 0 Å². The number of carbonyl (C=O) groups is 1. The highest BCUT2D eigenvalue weighted by Crippen LogP contribution is 2.21. The summed E-state index contributed by atoms with van der Waals surface area (Å²) in [6.45, 7) is 3.68. The Kier molecular flexibility index (Phi) is 6.56. The molecule has 1 aromatic heterocycles. The molecule has 0 aliphatic carbocycles. The third-order valence-electron chi connectivity index (χ3n) is 4.42. The van der Waals surface area contributed by atoms with Crippen LogP contribution in [0.2, 0.25) is 0 Å². The molecule has 0 fully saturated rings. The number of nitrogens with zero attached hydrogens (tertiary/aromatic N) is 2. The summed E-state index contributed by atoms with van der Waals surface area (Å²) in [7, 11) is -4.00. The second-order valence-electron chi connectivity index (χ2n) is 6.86. The van der Waals surface area contributed by atoms with Crippen LogP contribution in [0.15, 0.2) is 47.4 Å². The van der Waals surface area contributed by atoms with E-state index in [0.717, 1.165) is 11.7 Å². The third kappa shape index (κ3) is 4.95. The van der Waals surface area contributed by atoms with Crippen molar-refractivity contribution in [1.29, 1.82) is 0 Å². The summed E-state index contributed by atoms with van der Waals surface area (Å²) in [6.07, 6.45) is 0.305. The molecule has 1 amide bonds. The lowest BCUT2D eigenvalue weighted by Gasteiger charge is -2.21.